The molecule has 2 aromatic rings. The number of benzene rings is 2. The quantitative estimate of drug-likeness (QED) is 0.394. The Kier molecular flexibility index (Phi) is 5.07. The van der Waals surface area contributed by atoms with Gasteiger partial charge in [0.1, 0.15) is 0 Å². The van der Waals surface area contributed by atoms with Crippen LogP contribution in [0.4, 0.5) is 0 Å². The molecule has 0 aliphatic carbocycles. The minimum atomic E-state index is -0.675. The van der Waals surface area contributed by atoms with Crippen molar-refractivity contribution in [1.29, 1.82) is 0 Å². The van der Waals surface area contributed by atoms with Gasteiger partial charge in [0.25, 0.3) is 0 Å². The number of hydrogen-bond acceptors (Lipinski definition) is 3. The Labute approximate surface area is 136 Å². The summed E-state index contributed by atoms with van der Waals surface area (Å²) in [5.41, 5.74) is 6.40. The van der Waals surface area contributed by atoms with Crippen molar-refractivity contribution >= 4 is 46.6 Å². The first-order valence-corrected chi connectivity index (χ1v) is 6.86. The number of nitrogens with zero attached hydrogens (tertiary/aromatic N) is 1. The van der Waals surface area contributed by atoms with Crippen LogP contribution in [0, 0.1) is 0 Å². The molecule has 2 aromatic carbocycles. The maximum absolute atomic E-state index is 11.8. The van der Waals surface area contributed by atoms with Gasteiger partial charge in [-0.2, -0.15) is 0 Å². The second kappa shape index (κ2) is 6.80. The third kappa shape index (κ3) is 4.11. The molecule has 0 amide bonds. The number of carbonyl (C=O) groups excluding carboxylic acids is 1. The van der Waals surface area contributed by atoms with Crippen LogP contribution in [-0.2, 0) is 4.84 Å². The van der Waals surface area contributed by atoms with E-state index >= 15 is 0 Å². The Bertz CT molecular complexity index is 717. The molecule has 0 saturated carbocycles. The number of halogens is 3. The fourth-order valence-corrected chi connectivity index (χ4v) is 2.20. The van der Waals surface area contributed by atoms with Crippen LogP contribution in [0.1, 0.15) is 15.9 Å². The minimum absolute atomic E-state index is 0.0351. The molecule has 0 aromatic heterocycles. The van der Waals surface area contributed by atoms with Crippen LogP contribution in [0.15, 0.2) is 47.6 Å². The second-order valence-electron chi connectivity index (χ2n) is 3.99. The van der Waals surface area contributed by atoms with Crippen molar-refractivity contribution in [2.24, 2.45) is 10.9 Å². The normalized spacial score (nSPS) is 11.3. The molecule has 7 heteroatoms. The molecule has 21 heavy (non-hydrogen) atoms. The number of oxime groups is 1. The molecule has 0 aliphatic heterocycles. The van der Waals surface area contributed by atoms with Crippen LogP contribution in [0.2, 0.25) is 15.1 Å². The predicted molar refractivity (Wildman–Crippen MR) is 84.1 cm³/mol. The Morgan fingerprint density at radius 1 is 1.05 bits per heavy atom. The van der Waals surface area contributed by atoms with Crippen LogP contribution in [-0.4, -0.2) is 11.8 Å². The number of nitrogens with two attached hydrogens (primary N) is 1. The average Bonchev–Trinajstić information content (AvgIpc) is 2.44. The van der Waals surface area contributed by atoms with Gasteiger partial charge in [-0.3, -0.25) is 0 Å². The number of amidine groups is 1. The Morgan fingerprint density at radius 2 is 1.76 bits per heavy atom. The largest absolute Gasteiger partial charge is 0.380 e. The summed E-state index contributed by atoms with van der Waals surface area (Å²) in [6.45, 7) is 0. The second-order valence-corrected chi connectivity index (χ2v) is 5.27. The van der Waals surface area contributed by atoms with E-state index in [-0.39, 0.29) is 11.4 Å². The van der Waals surface area contributed by atoms with Crippen molar-refractivity contribution in [1.82, 2.24) is 0 Å². The number of rotatable bonds is 3. The van der Waals surface area contributed by atoms with Crippen molar-refractivity contribution in [3.05, 3.63) is 68.7 Å². The van der Waals surface area contributed by atoms with E-state index in [9.17, 15) is 4.79 Å². The lowest BCUT2D eigenvalue weighted by atomic mass is 10.2. The lowest BCUT2D eigenvalue weighted by Gasteiger charge is -2.04. The van der Waals surface area contributed by atoms with Gasteiger partial charge in [0, 0.05) is 15.6 Å². The lowest BCUT2D eigenvalue weighted by Crippen LogP contribution is -2.15. The van der Waals surface area contributed by atoms with Gasteiger partial charge in [-0.25, -0.2) is 4.79 Å². The first-order valence-electron chi connectivity index (χ1n) is 5.73. The molecule has 2 N–H and O–H groups in total. The molecular formula is C14H9Cl3N2O2. The highest BCUT2D eigenvalue weighted by atomic mass is 35.5. The van der Waals surface area contributed by atoms with Crippen molar-refractivity contribution in [3.63, 3.8) is 0 Å². The SMILES string of the molecule is N/C(=N\OC(=O)c1cccc(Cl)c1)c1ccc(Cl)cc1Cl. The van der Waals surface area contributed by atoms with Crippen molar-refractivity contribution < 1.29 is 9.63 Å². The van der Waals surface area contributed by atoms with Crippen molar-refractivity contribution in [3.8, 4) is 0 Å². The summed E-state index contributed by atoms with van der Waals surface area (Å²) >= 11 is 17.5. The van der Waals surface area contributed by atoms with E-state index in [1.54, 1.807) is 30.3 Å². The Morgan fingerprint density at radius 3 is 2.43 bits per heavy atom. The molecule has 0 radical (unpaired) electrons. The van der Waals surface area contributed by atoms with Crippen LogP contribution in [0.3, 0.4) is 0 Å². The topological polar surface area (TPSA) is 64.7 Å². The van der Waals surface area contributed by atoms with Gasteiger partial charge < -0.3 is 10.6 Å². The average molecular weight is 344 g/mol. The smallest absolute Gasteiger partial charge is 0.365 e. The fourth-order valence-electron chi connectivity index (χ4n) is 1.51. The van der Waals surface area contributed by atoms with Crippen LogP contribution < -0.4 is 5.73 Å². The lowest BCUT2D eigenvalue weighted by molar-refractivity contribution is 0.0516. The molecule has 0 atom stereocenters. The minimum Gasteiger partial charge on any atom is -0.380 e. The summed E-state index contributed by atoms with van der Waals surface area (Å²) in [6, 6.07) is 11.0. The van der Waals surface area contributed by atoms with E-state index in [0.717, 1.165) is 0 Å². The molecule has 0 heterocycles. The van der Waals surface area contributed by atoms with Gasteiger partial charge in [-0.15, -0.1) is 0 Å². The van der Waals surface area contributed by atoms with E-state index in [0.29, 0.717) is 20.6 Å². The summed E-state index contributed by atoms with van der Waals surface area (Å²) in [6.07, 6.45) is 0. The molecule has 0 fully saturated rings. The van der Waals surface area contributed by atoms with Crippen LogP contribution in [0.25, 0.3) is 0 Å². The van der Waals surface area contributed by atoms with Gasteiger partial charge in [0.05, 0.1) is 10.6 Å². The summed E-state index contributed by atoms with van der Waals surface area (Å²) in [5.74, 6) is -0.711. The zero-order valence-corrected chi connectivity index (χ0v) is 12.8. The molecule has 0 aliphatic rings. The zero-order chi connectivity index (χ0) is 15.4. The Hall–Kier alpha value is -1.75. The van der Waals surface area contributed by atoms with E-state index in [2.05, 4.69) is 5.16 Å². The first kappa shape index (κ1) is 15.6. The molecule has 4 nitrogen and oxygen atoms in total. The highest BCUT2D eigenvalue weighted by molar-refractivity contribution is 6.36. The van der Waals surface area contributed by atoms with Crippen LogP contribution >= 0.6 is 34.8 Å². The van der Waals surface area contributed by atoms with Gasteiger partial charge in [-0.1, -0.05) is 46.0 Å². The summed E-state index contributed by atoms with van der Waals surface area (Å²) in [5, 5.41) is 4.76. The number of hydrogen-bond donors (Lipinski definition) is 1. The monoisotopic (exact) mass is 342 g/mol. The predicted octanol–water partition coefficient (Wildman–Crippen LogP) is 4.12. The van der Waals surface area contributed by atoms with E-state index in [4.69, 9.17) is 45.4 Å². The number of carbonyl (C=O) groups is 1. The zero-order valence-electron chi connectivity index (χ0n) is 10.5. The summed E-state index contributed by atoms with van der Waals surface area (Å²) < 4.78 is 0. The molecular weight excluding hydrogens is 335 g/mol. The standard InChI is InChI=1S/C14H9Cl3N2O2/c15-9-3-1-2-8(6-9)14(20)21-19-13(18)11-5-4-10(16)7-12(11)17/h1-7H,(H2,18,19). The fraction of sp³-hybridized carbons (Fsp3) is 0. The molecule has 0 unspecified atom stereocenters. The highest BCUT2D eigenvalue weighted by Gasteiger charge is 2.10. The molecule has 2 rings (SSSR count). The third-order valence-corrected chi connectivity index (χ3v) is 3.28. The first-order chi connectivity index (χ1) is 9.97. The summed E-state index contributed by atoms with van der Waals surface area (Å²) in [4.78, 5) is 16.5. The molecule has 0 bridgehead atoms. The third-order valence-electron chi connectivity index (χ3n) is 2.49. The van der Waals surface area contributed by atoms with E-state index in [1.807, 2.05) is 0 Å². The van der Waals surface area contributed by atoms with Gasteiger partial charge in [0.15, 0.2) is 5.84 Å². The Balaban J connectivity index is 2.15. The van der Waals surface area contributed by atoms with Crippen molar-refractivity contribution in [2.75, 3.05) is 0 Å². The maximum Gasteiger partial charge on any atom is 0.365 e. The molecule has 108 valence electrons. The highest BCUT2D eigenvalue weighted by Crippen LogP contribution is 2.20. The van der Waals surface area contributed by atoms with Gasteiger partial charge in [0.2, 0.25) is 0 Å². The van der Waals surface area contributed by atoms with E-state index < -0.39 is 5.97 Å². The summed E-state index contributed by atoms with van der Waals surface area (Å²) in [7, 11) is 0. The maximum atomic E-state index is 11.8. The molecule has 0 saturated heterocycles. The molecule has 0 spiro atoms. The van der Waals surface area contributed by atoms with Crippen LogP contribution in [0.5, 0.6) is 0 Å². The van der Waals surface area contributed by atoms with Gasteiger partial charge >= 0.3 is 5.97 Å². The van der Waals surface area contributed by atoms with Gasteiger partial charge in [-0.05, 0) is 36.4 Å². The van der Waals surface area contributed by atoms with Crippen molar-refractivity contribution in [2.45, 2.75) is 0 Å². The van der Waals surface area contributed by atoms with E-state index in [1.165, 1.54) is 12.1 Å².